The summed E-state index contributed by atoms with van der Waals surface area (Å²) >= 11 is 0. The average Bonchev–Trinajstić information content (AvgIpc) is 2.84. The molecule has 4 nitrogen and oxygen atoms in total. The van der Waals surface area contributed by atoms with Crippen LogP contribution in [0.2, 0.25) is 0 Å². The lowest BCUT2D eigenvalue weighted by Gasteiger charge is -2.39. The monoisotopic (exact) mass is 398 g/mol. The normalized spacial score (nSPS) is 15.3. The van der Waals surface area contributed by atoms with E-state index in [0.29, 0.717) is 6.61 Å². The molecule has 3 aromatic carbocycles. The molecule has 3 aromatic rings. The molecule has 0 saturated carbocycles. The highest BCUT2D eigenvalue weighted by atomic mass is 16.5. The highest BCUT2D eigenvalue weighted by Gasteiger charge is 2.37. The van der Waals surface area contributed by atoms with Gasteiger partial charge in [0, 0.05) is 13.1 Å². The van der Waals surface area contributed by atoms with E-state index in [9.17, 15) is 5.26 Å². The van der Waals surface area contributed by atoms with Crippen LogP contribution in [0.4, 0.5) is 5.69 Å². The van der Waals surface area contributed by atoms with Crippen LogP contribution in [-0.4, -0.2) is 20.2 Å². The molecule has 0 unspecified atom stereocenters. The Kier molecular flexibility index (Phi) is 5.90. The number of nitrogens with zero attached hydrogens (tertiary/aromatic N) is 2. The van der Waals surface area contributed by atoms with Gasteiger partial charge in [0.1, 0.15) is 18.1 Å². The van der Waals surface area contributed by atoms with Gasteiger partial charge in [-0.25, -0.2) is 0 Å². The molecule has 1 fully saturated rings. The minimum atomic E-state index is -0.481. The Hall–Kier alpha value is -3.45. The van der Waals surface area contributed by atoms with Gasteiger partial charge in [0.15, 0.2) is 0 Å². The van der Waals surface area contributed by atoms with Gasteiger partial charge in [0.2, 0.25) is 0 Å². The van der Waals surface area contributed by atoms with Gasteiger partial charge < -0.3 is 14.4 Å². The molecule has 0 radical (unpaired) electrons. The van der Waals surface area contributed by atoms with Crippen LogP contribution in [0, 0.1) is 11.3 Å². The Balaban J connectivity index is 1.49. The Morgan fingerprint density at radius 2 is 1.67 bits per heavy atom. The van der Waals surface area contributed by atoms with Crippen molar-refractivity contribution in [3.05, 3.63) is 90.0 Å². The number of benzene rings is 3. The van der Waals surface area contributed by atoms with Gasteiger partial charge in [-0.1, -0.05) is 54.6 Å². The fraction of sp³-hybridized carbons (Fsp3) is 0.269. The molecule has 0 spiro atoms. The van der Waals surface area contributed by atoms with Crippen LogP contribution in [0.3, 0.4) is 0 Å². The summed E-state index contributed by atoms with van der Waals surface area (Å²) in [4.78, 5) is 2.33. The molecule has 1 aliphatic rings. The molecule has 0 aromatic heterocycles. The molecule has 152 valence electrons. The van der Waals surface area contributed by atoms with Crippen molar-refractivity contribution in [1.82, 2.24) is 0 Å². The SMILES string of the molecule is COc1cccc(C2(C#N)CCN(c3ccccc3OCc3ccccc3)CC2)c1. The van der Waals surface area contributed by atoms with E-state index in [1.54, 1.807) is 7.11 Å². The maximum atomic E-state index is 10.0. The first-order valence-electron chi connectivity index (χ1n) is 10.3. The summed E-state index contributed by atoms with van der Waals surface area (Å²) in [5.74, 6) is 1.68. The van der Waals surface area contributed by atoms with Crippen molar-refractivity contribution in [2.75, 3.05) is 25.1 Å². The van der Waals surface area contributed by atoms with Crippen LogP contribution < -0.4 is 14.4 Å². The van der Waals surface area contributed by atoms with Crippen molar-refractivity contribution in [3.8, 4) is 17.6 Å². The highest BCUT2D eigenvalue weighted by molar-refractivity contribution is 5.59. The fourth-order valence-corrected chi connectivity index (χ4v) is 4.09. The Labute approximate surface area is 178 Å². The van der Waals surface area contributed by atoms with Gasteiger partial charge in [-0.3, -0.25) is 0 Å². The summed E-state index contributed by atoms with van der Waals surface area (Å²) < 4.78 is 11.5. The molecule has 0 atom stereocenters. The average molecular weight is 399 g/mol. The van der Waals surface area contributed by atoms with Gasteiger partial charge in [-0.05, 0) is 48.2 Å². The maximum Gasteiger partial charge on any atom is 0.143 e. The number of para-hydroxylation sites is 2. The lowest BCUT2D eigenvalue weighted by atomic mass is 9.74. The van der Waals surface area contributed by atoms with E-state index >= 15 is 0 Å². The molecule has 4 heteroatoms. The molecule has 0 bridgehead atoms. The third-order valence-corrected chi connectivity index (χ3v) is 5.90. The first kappa shape index (κ1) is 19.8. The Morgan fingerprint density at radius 3 is 2.40 bits per heavy atom. The molecular weight excluding hydrogens is 372 g/mol. The molecule has 4 rings (SSSR count). The van der Waals surface area contributed by atoms with Crippen LogP contribution >= 0.6 is 0 Å². The highest BCUT2D eigenvalue weighted by Crippen LogP contribution is 2.39. The first-order chi connectivity index (χ1) is 14.7. The van der Waals surface area contributed by atoms with Crippen molar-refractivity contribution >= 4 is 5.69 Å². The number of hydrogen-bond acceptors (Lipinski definition) is 4. The fourth-order valence-electron chi connectivity index (χ4n) is 4.09. The number of anilines is 1. The van der Waals surface area contributed by atoms with Crippen molar-refractivity contribution in [2.45, 2.75) is 24.9 Å². The summed E-state index contributed by atoms with van der Waals surface area (Å²) in [5.41, 5.74) is 2.79. The number of hydrogen-bond donors (Lipinski definition) is 0. The second kappa shape index (κ2) is 8.92. The lowest BCUT2D eigenvalue weighted by molar-refractivity contribution is 0.305. The van der Waals surface area contributed by atoms with E-state index in [1.807, 2.05) is 60.7 Å². The summed E-state index contributed by atoms with van der Waals surface area (Å²) in [6.45, 7) is 2.14. The van der Waals surface area contributed by atoms with E-state index in [-0.39, 0.29) is 0 Å². The second-order valence-corrected chi connectivity index (χ2v) is 7.65. The number of rotatable bonds is 6. The van der Waals surface area contributed by atoms with Crippen LogP contribution in [-0.2, 0) is 12.0 Å². The summed E-state index contributed by atoms with van der Waals surface area (Å²) in [6.07, 6.45) is 1.54. The zero-order valence-electron chi connectivity index (χ0n) is 17.3. The number of methoxy groups -OCH3 is 1. The van der Waals surface area contributed by atoms with E-state index < -0.39 is 5.41 Å². The molecule has 1 heterocycles. The maximum absolute atomic E-state index is 10.0. The molecular formula is C26H26N2O2. The Morgan fingerprint density at radius 1 is 0.933 bits per heavy atom. The quantitative estimate of drug-likeness (QED) is 0.563. The predicted molar refractivity (Wildman–Crippen MR) is 119 cm³/mol. The molecule has 1 aliphatic heterocycles. The minimum Gasteiger partial charge on any atom is -0.497 e. The van der Waals surface area contributed by atoms with Crippen molar-refractivity contribution in [3.63, 3.8) is 0 Å². The van der Waals surface area contributed by atoms with Gasteiger partial charge in [0.05, 0.1) is 24.3 Å². The van der Waals surface area contributed by atoms with Crippen molar-refractivity contribution < 1.29 is 9.47 Å². The summed E-state index contributed by atoms with van der Waals surface area (Å²) in [7, 11) is 1.66. The van der Waals surface area contributed by atoms with Crippen LogP contribution in [0.5, 0.6) is 11.5 Å². The van der Waals surface area contributed by atoms with E-state index in [4.69, 9.17) is 9.47 Å². The Bertz CT molecular complexity index is 1020. The third kappa shape index (κ3) is 4.11. The number of piperidine rings is 1. The largest absolute Gasteiger partial charge is 0.497 e. The van der Waals surface area contributed by atoms with Crippen LogP contribution in [0.15, 0.2) is 78.9 Å². The first-order valence-corrected chi connectivity index (χ1v) is 10.3. The van der Waals surface area contributed by atoms with Crippen molar-refractivity contribution in [1.29, 1.82) is 5.26 Å². The molecule has 0 amide bonds. The molecule has 1 saturated heterocycles. The topological polar surface area (TPSA) is 45.5 Å². The predicted octanol–water partition coefficient (Wildman–Crippen LogP) is 5.34. The summed E-state index contributed by atoms with van der Waals surface area (Å²) in [6, 6.07) is 28.9. The smallest absolute Gasteiger partial charge is 0.143 e. The number of nitriles is 1. The minimum absolute atomic E-state index is 0.481. The van der Waals surface area contributed by atoms with Gasteiger partial charge in [-0.15, -0.1) is 0 Å². The number of ether oxygens (including phenoxy) is 2. The van der Waals surface area contributed by atoms with E-state index in [1.165, 1.54) is 0 Å². The second-order valence-electron chi connectivity index (χ2n) is 7.65. The molecule has 30 heavy (non-hydrogen) atoms. The van der Waals surface area contributed by atoms with Gasteiger partial charge >= 0.3 is 0 Å². The van der Waals surface area contributed by atoms with Crippen molar-refractivity contribution in [2.24, 2.45) is 0 Å². The molecule has 0 N–H and O–H groups in total. The molecule has 0 aliphatic carbocycles. The van der Waals surface area contributed by atoms with Gasteiger partial charge in [0.25, 0.3) is 0 Å². The zero-order chi connectivity index (χ0) is 20.8. The lowest BCUT2D eigenvalue weighted by Crippen LogP contribution is -2.42. The van der Waals surface area contributed by atoms with Crippen LogP contribution in [0.1, 0.15) is 24.0 Å². The zero-order valence-corrected chi connectivity index (χ0v) is 17.3. The standard InChI is InChI=1S/C26H26N2O2/c1-29-23-11-7-10-22(18-23)26(20-27)14-16-28(17-15-26)24-12-5-6-13-25(24)30-19-21-8-3-2-4-9-21/h2-13,18H,14-17,19H2,1H3. The third-order valence-electron chi connectivity index (χ3n) is 5.90. The van der Waals surface area contributed by atoms with E-state index in [0.717, 1.165) is 54.2 Å². The van der Waals surface area contributed by atoms with Crippen LogP contribution in [0.25, 0.3) is 0 Å². The summed E-state index contributed by atoms with van der Waals surface area (Å²) in [5, 5.41) is 10.0. The van der Waals surface area contributed by atoms with E-state index in [2.05, 4.69) is 29.2 Å². The van der Waals surface area contributed by atoms with Gasteiger partial charge in [-0.2, -0.15) is 5.26 Å².